The monoisotopic (exact) mass is 666 g/mol. The molecule has 262 valence electrons. The molecule has 2 N–H and O–H groups in total. The van der Waals surface area contributed by atoms with E-state index >= 15 is 0 Å². The van der Waals surface area contributed by atoms with Gasteiger partial charge in [0.1, 0.15) is 11.0 Å². The molecule has 3 aromatic rings. The lowest BCUT2D eigenvalue weighted by Crippen LogP contribution is -2.47. The summed E-state index contributed by atoms with van der Waals surface area (Å²) in [6.45, 7) is 7.66. The fourth-order valence-corrected chi connectivity index (χ4v) is 6.01. The van der Waals surface area contributed by atoms with Crippen LogP contribution in [0, 0.1) is 0 Å². The fraction of sp³-hybridized carbons (Fsp3) is 0.625. The molecular weight excluding hydrogens is 616 g/mol. The normalized spacial score (nSPS) is 15.6. The average molecular weight is 667 g/mol. The molecule has 0 aromatic carbocycles. The molecule has 2 saturated heterocycles. The Morgan fingerprint density at radius 1 is 0.833 bits per heavy atom. The number of hydrogen-bond donors (Lipinski definition) is 1. The van der Waals surface area contributed by atoms with Crippen LogP contribution in [0.25, 0.3) is 11.0 Å². The molecule has 3 aromatic heterocycles. The maximum absolute atomic E-state index is 11.4. The first-order valence-electron chi connectivity index (χ1n) is 16.5. The molecule has 0 bridgehead atoms. The lowest BCUT2D eigenvalue weighted by molar-refractivity contribution is -0.116. The summed E-state index contributed by atoms with van der Waals surface area (Å²) in [6, 6.07) is 3.73. The zero-order valence-electron chi connectivity index (χ0n) is 28.9. The van der Waals surface area contributed by atoms with E-state index in [1.54, 1.807) is 39.5 Å². The van der Waals surface area contributed by atoms with Crippen LogP contribution < -0.4 is 30.2 Å². The van der Waals surface area contributed by atoms with Crippen molar-refractivity contribution >= 4 is 52.5 Å². The molecule has 0 atom stereocenters. The topological polar surface area (TPSA) is 155 Å². The third-order valence-electron chi connectivity index (χ3n) is 8.98. The highest BCUT2D eigenvalue weighted by molar-refractivity contribution is 5.95. The number of aromatic nitrogens is 5. The Bertz CT molecular complexity index is 1470. The highest BCUT2D eigenvalue weighted by atomic mass is 16.5. The minimum Gasteiger partial charge on any atom is -0.396 e. The van der Waals surface area contributed by atoms with Crippen LogP contribution in [0.3, 0.4) is 0 Å². The molecular formula is C32H50N12O4. The number of rotatable bonds is 16. The van der Waals surface area contributed by atoms with Crippen LogP contribution in [0.2, 0.25) is 0 Å². The SMILES string of the molecule is COCCN(CCOC)c1nc(N(C)CCN(C)C=O)c2nc(N3CCN(c4ncccc4N)CC3)nc(N3CCC(OC)CC3)c2n1. The van der Waals surface area contributed by atoms with Crippen LogP contribution in [-0.4, -0.2) is 156 Å². The van der Waals surface area contributed by atoms with Gasteiger partial charge in [-0.1, -0.05) is 0 Å². The van der Waals surface area contributed by atoms with E-state index in [0.29, 0.717) is 86.9 Å². The lowest BCUT2D eigenvalue weighted by Gasteiger charge is -2.37. The average Bonchev–Trinajstić information content (AvgIpc) is 3.13. The third kappa shape index (κ3) is 8.22. The van der Waals surface area contributed by atoms with Gasteiger partial charge in [0.15, 0.2) is 17.5 Å². The van der Waals surface area contributed by atoms with Crippen molar-refractivity contribution in [2.75, 3.05) is 144 Å². The number of piperazine rings is 1. The number of carbonyl (C=O) groups excluding carboxylic acids is 1. The van der Waals surface area contributed by atoms with E-state index in [1.807, 2.05) is 24.1 Å². The van der Waals surface area contributed by atoms with E-state index in [9.17, 15) is 4.79 Å². The van der Waals surface area contributed by atoms with E-state index in [4.69, 9.17) is 39.9 Å². The molecule has 0 radical (unpaired) electrons. The molecule has 5 rings (SSSR count). The second kappa shape index (κ2) is 16.7. The first-order chi connectivity index (χ1) is 23.4. The number of amides is 1. The van der Waals surface area contributed by atoms with Crippen LogP contribution in [0.15, 0.2) is 18.3 Å². The summed E-state index contributed by atoms with van der Waals surface area (Å²) in [5.74, 6) is 3.43. The summed E-state index contributed by atoms with van der Waals surface area (Å²) < 4.78 is 16.5. The zero-order chi connectivity index (χ0) is 34.0. The van der Waals surface area contributed by atoms with E-state index in [-0.39, 0.29) is 6.10 Å². The minimum absolute atomic E-state index is 0.209. The quantitative estimate of drug-likeness (QED) is 0.216. The first kappa shape index (κ1) is 35.0. The molecule has 5 heterocycles. The molecule has 2 aliphatic rings. The van der Waals surface area contributed by atoms with Gasteiger partial charge in [-0.25, -0.2) is 15.0 Å². The Morgan fingerprint density at radius 2 is 1.50 bits per heavy atom. The van der Waals surface area contributed by atoms with Gasteiger partial charge in [-0.3, -0.25) is 4.79 Å². The van der Waals surface area contributed by atoms with E-state index in [0.717, 1.165) is 57.1 Å². The summed E-state index contributed by atoms with van der Waals surface area (Å²) in [5.41, 5.74) is 8.27. The molecule has 16 nitrogen and oxygen atoms in total. The van der Waals surface area contributed by atoms with Crippen molar-refractivity contribution in [2.24, 2.45) is 0 Å². The Labute approximate surface area is 282 Å². The fourth-order valence-electron chi connectivity index (χ4n) is 6.01. The predicted molar refractivity (Wildman–Crippen MR) is 188 cm³/mol. The summed E-state index contributed by atoms with van der Waals surface area (Å²) in [7, 11) is 8.87. The largest absolute Gasteiger partial charge is 0.396 e. The number of nitrogen functional groups attached to an aromatic ring is 1. The number of carbonyl (C=O) groups is 1. The number of nitrogens with two attached hydrogens (primary N) is 1. The maximum atomic E-state index is 11.4. The number of ether oxygens (including phenoxy) is 3. The lowest BCUT2D eigenvalue weighted by atomic mass is 10.1. The Morgan fingerprint density at radius 3 is 2.12 bits per heavy atom. The molecule has 48 heavy (non-hydrogen) atoms. The zero-order valence-corrected chi connectivity index (χ0v) is 28.9. The predicted octanol–water partition coefficient (Wildman–Crippen LogP) is 0.962. The van der Waals surface area contributed by atoms with Gasteiger partial charge in [-0.2, -0.15) is 9.97 Å². The van der Waals surface area contributed by atoms with Crippen LogP contribution in [0.5, 0.6) is 0 Å². The number of pyridine rings is 1. The van der Waals surface area contributed by atoms with Gasteiger partial charge in [-0.15, -0.1) is 0 Å². The Kier molecular flexibility index (Phi) is 12.2. The molecule has 16 heteroatoms. The smallest absolute Gasteiger partial charge is 0.228 e. The molecule has 2 fully saturated rings. The van der Waals surface area contributed by atoms with Crippen LogP contribution in [0.4, 0.5) is 35.0 Å². The van der Waals surface area contributed by atoms with Gasteiger partial charge in [-0.05, 0) is 25.0 Å². The summed E-state index contributed by atoms with van der Waals surface area (Å²) >= 11 is 0. The Hall–Kier alpha value is -4.28. The van der Waals surface area contributed by atoms with Crippen LogP contribution in [0.1, 0.15) is 12.8 Å². The molecule has 0 unspecified atom stereocenters. The number of likely N-dealkylation sites (N-methyl/N-ethyl adjacent to an activating group) is 2. The summed E-state index contributed by atoms with van der Waals surface area (Å²) in [5, 5.41) is 0. The second-order valence-electron chi connectivity index (χ2n) is 12.2. The van der Waals surface area contributed by atoms with Gasteiger partial charge in [0.2, 0.25) is 18.3 Å². The van der Waals surface area contributed by atoms with Crippen molar-refractivity contribution < 1.29 is 19.0 Å². The number of anilines is 6. The first-order valence-corrected chi connectivity index (χ1v) is 16.5. The van der Waals surface area contributed by atoms with Gasteiger partial charge < -0.3 is 49.3 Å². The van der Waals surface area contributed by atoms with Gasteiger partial charge in [0.25, 0.3) is 0 Å². The van der Waals surface area contributed by atoms with Crippen LogP contribution >= 0.6 is 0 Å². The van der Waals surface area contributed by atoms with Crippen molar-refractivity contribution in [1.29, 1.82) is 0 Å². The van der Waals surface area contributed by atoms with Crippen LogP contribution in [-0.2, 0) is 19.0 Å². The van der Waals surface area contributed by atoms with Gasteiger partial charge >= 0.3 is 0 Å². The van der Waals surface area contributed by atoms with Gasteiger partial charge in [0.05, 0.1) is 25.0 Å². The number of nitrogens with zero attached hydrogens (tertiary/aromatic N) is 11. The van der Waals surface area contributed by atoms with Crippen molar-refractivity contribution in [1.82, 2.24) is 29.8 Å². The number of hydrogen-bond acceptors (Lipinski definition) is 15. The summed E-state index contributed by atoms with van der Waals surface area (Å²) in [6.07, 6.45) is 4.58. The van der Waals surface area contributed by atoms with Crippen molar-refractivity contribution in [3.05, 3.63) is 18.3 Å². The Balaban J connectivity index is 1.59. The standard InChI is InChI=1S/C32H50N12O4/c1-39(23-45)13-14-40(2)29-26-27(36-31(37-29)44(19-21-46-3)20-22-47-4)30(41-11-8-24(48-5)9-12-41)38-32(35-26)43-17-15-42(16-18-43)28-25(33)7-6-10-34-28/h6-7,10,23-24H,8-9,11-22,33H2,1-5H3. The molecule has 0 spiro atoms. The van der Waals surface area contributed by atoms with E-state index < -0.39 is 0 Å². The van der Waals surface area contributed by atoms with Crippen molar-refractivity contribution in [3.63, 3.8) is 0 Å². The van der Waals surface area contributed by atoms with E-state index in [1.165, 1.54) is 0 Å². The van der Waals surface area contributed by atoms with Crippen molar-refractivity contribution in [2.45, 2.75) is 18.9 Å². The molecule has 2 aliphatic heterocycles. The summed E-state index contributed by atoms with van der Waals surface area (Å²) in [4.78, 5) is 49.1. The minimum atomic E-state index is 0.209. The number of fused-ring (bicyclic) bond motifs is 1. The molecule has 0 aliphatic carbocycles. The van der Waals surface area contributed by atoms with Crippen molar-refractivity contribution in [3.8, 4) is 0 Å². The highest BCUT2D eigenvalue weighted by Crippen LogP contribution is 2.34. The third-order valence-corrected chi connectivity index (χ3v) is 8.98. The highest BCUT2D eigenvalue weighted by Gasteiger charge is 2.29. The second-order valence-corrected chi connectivity index (χ2v) is 12.2. The number of piperidine rings is 1. The van der Waals surface area contributed by atoms with Gasteiger partial charge in [0, 0.05) is 107 Å². The number of methoxy groups -OCH3 is 3. The maximum Gasteiger partial charge on any atom is 0.228 e. The van der Waals surface area contributed by atoms with E-state index in [2.05, 4.69) is 24.6 Å². The molecule has 0 saturated carbocycles. The molecule has 1 amide bonds.